The molecule has 0 radical (unpaired) electrons. The zero-order valence-electron chi connectivity index (χ0n) is 22.3. The van der Waals surface area contributed by atoms with E-state index >= 15 is 0 Å². The van der Waals surface area contributed by atoms with E-state index in [1.54, 1.807) is 6.20 Å². The van der Waals surface area contributed by atoms with E-state index in [9.17, 15) is 19.3 Å². The summed E-state index contributed by atoms with van der Waals surface area (Å²) < 4.78 is 27.1. The molecular formula is C29H32FN5O5S. The molecule has 41 heavy (non-hydrogen) atoms. The molecule has 2 aromatic carbocycles. The highest BCUT2D eigenvalue weighted by molar-refractivity contribution is 8.00. The predicted octanol–water partition coefficient (Wildman–Crippen LogP) is 6.91. The van der Waals surface area contributed by atoms with E-state index in [0.29, 0.717) is 10.6 Å². The standard InChI is InChI=1S/C28H28FN5O5S.CH4/c1-4-16(2)39-25(35)15-40-24-13-30-28(31-21-12-22(34(36)37)20(29)11-23(21)38-3)32-26(24)19-14-33-10-6-8-17-7-5-9-18(19)27(17)33;/h5,7,9,11-14,16H,4,6,8,10,15H2,1-3H3,(H,30,31,32);1H4. The first-order valence-electron chi connectivity index (χ1n) is 12.9. The van der Waals surface area contributed by atoms with E-state index < -0.39 is 16.4 Å². The van der Waals surface area contributed by atoms with Crippen molar-refractivity contribution in [3.05, 3.63) is 64.2 Å². The van der Waals surface area contributed by atoms with Crippen molar-refractivity contribution in [2.75, 3.05) is 18.2 Å². The van der Waals surface area contributed by atoms with Crippen LogP contribution in [0.5, 0.6) is 5.75 Å². The average molecular weight is 582 g/mol. The van der Waals surface area contributed by atoms with Gasteiger partial charge >= 0.3 is 11.7 Å². The van der Waals surface area contributed by atoms with E-state index in [2.05, 4.69) is 27.1 Å². The minimum atomic E-state index is -1.01. The van der Waals surface area contributed by atoms with Gasteiger partial charge in [-0.3, -0.25) is 14.9 Å². The number of nitro groups is 1. The highest BCUT2D eigenvalue weighted by Gasteiger charge is 2.23. The van der Waals surface area contributed by atoms with Gasteiger partial charge in [0.25, 0.3) is 0 Å². The van der Waals surface area contributed by atoms with E-state index in [1.807, 2.05) is 26.0 Å². The van der Waals surface area contributed by atoms with Crippen molar-refractivity contribution in [1.82, 2.24) is 14.5 Å². The molecule has 216 valence electrons. The number of hydrogen-bond acceptors (Lipinski definition) is 9. The Labute approximate surface area is 241 Å². The maximum atomic E-state index is 14.2. The molecule has 12 heteroatoms. The van der Waals surface area contributed by atoms with Crippen LogP contribution in [0, 0.1) is 15.9 Å². The Morgan fingerprint density at radius 3 is 2.88 bits per heavy atom. The summed E-state index contributed by atoms with van der Waals surface area (Å²) in [6, 6.07) is 8.19. The lowest BCUT2D eigenvalue weighted by atomic mass is 10.0. The Balaban J connectivity index is 0.00000387. The number of carbonyl (C=O) groups excluding carboxylic acids is 1. The molecule has 1 N–H and O–H groups in total. The number of rotatable bonds is 10. The summed E-state index contributed by atoms with van der Waals surface area (Å²) in [6.45, 7) is 4.67. The van der Waals surface area contributed by atoms with Crippen molar-refractivity contribution in [1.29, 1.82) is 0 Å². The second kappa shape index (κ2) is 12.5. The largest absolute Gasteiger partial charge is 0.494 e. The van der Waals surface area contributed by atoms with Gasteiger partial charge in [0.05, 0.1) is 45.7 Å². The molecule has 2 aromatic heterocycles. The zero-order valence-corrected chi connectivity index (χ0v) is 23.1. The summed E-state index contributed by atoms with van der Waals surface area (Å²) >= 11 is 1.28. The van der Waals surface area contributed by atoms with Crippen LogP contribution in [0.25, 0.3) is 22.2 Å². The van der Waals surface area contributed by atoms with E-state index in [0.717, 1.165) is 54.4 Å². The van der Waals surface area contributed by atoms with Gasteiger partial charge in [0.1, 0.15) is 5.75 Å². The number of benzene rings is 2. The lowest BCUT2D eigenvalue weighted by Crippen LogP contribution is -2.15. The molecule has 0 saturated heterocycles. The molecule has 0 amide bonds. The van der Waals surface area contributed by atoms with Crippen molar-refractivity contribution in [3.8, 4) is 17.0 Å². The molecule has 0 bridgehead atoms. The highest BCUT2D eigenvalue weighted by Crippen LogP contribution is 2.40. The molecule has 4 aromatic rings. The van der Waals surface area contributed by atoms with Gasteiger partial charge in [-0.15, -0.1) is 11.8 Å². The molecule has 0 saturated carbocycles. The molecular weight excluding hydrogens is 549 g/mol. The average Bonchev–Trinajstić information content (AvgIpc) is 3.33. The van der Waals surface area contributed by atoms with Gasteiger partial charge in [0.2, 0.25) is 11.8 Å². The van der Waals surface area contributed by atoms with Crippen LogP contribution < -0.4 is 10.1 Å². The smallest absolute Gasteiger partial charge is 0.316 e. The fraction of sp³-hybridized carbons (Fsp3) is 0.345. The summed E-state index contributed by atoms with van der Waals surface area (Å²) in [6.07, 6.45) is 6.22. The number of para-hydroxylation sites is 1. The molecule has 0 spiro atoms. The number of nitrogens with zero attached hydrogens (tertiary/aromatic N) is 4. The highest BCUT2D eigenvalue weighted by atomic mass is 32.2. The summed E-state index contributed by atoms with van der Waals surface area (Å²) in [4.78, 5) is 32.8. The maximum Gasteiger partial charge on any atom is 0.316 e. The Morgan fingerprint density at radius 2 is 2.15 bits per heavy atom. The number of halogens is 1. The molecule has 1 unspecified atom stereocenters. The van der Waals surface area contributed by atoms with Crippen LogP contribution in [0.15, 0.2) is 47.6 Å². The van der Waals surface area contributed by atoms with E-state index in [1.165, 1.54) is 24.4 Å². The number of thioether (sulfide) groups is 1. The van der Waals surface area contributed by atoms with E-state index in [-0.39, 0.29) is 42.6 Å². The van der Waals surface area contributed by atoms with Gasteiger partial charge in [0, 0.05) is 42.0 Å². The van der Waals surface area contributed by atoms with Crippen LogP contribution >= 0.6 is 11.8 Å². The number of anilines is 2. The number of aromatic nitrogens is 3. The number of aryl methyl sites for hydroxylation is 2. The van der Waals surface area contributed by atoms with Crippen LogP contribution in [0.4, 0.5) is 21.7 Å². The third-order valence-corrected chi connectivity index (χ3v) is 7.79. The molecule has 1 atom stereocenters. The number of ether oxygens (including phenoxy) is 2. The van der Waals surface area contributed by atoms with Crippen LogP contribution in [-0.4, -0.2) is 44.4 Å². The SMILES string of the molecule is C.CCC(C)OC(=O)CSc1cnc(Nc2cc([N+](=O)[O-])c(F)cc2OC)nc1-c1cn2c3c(cccc13)CCC2. The first kappa shape index (κ1) is 29.8. The van der Waals surface area contributed by atoms with Gasteiger partial charge in [0.15, 0.2) is 0 Å². The molecule has 1 aliphatic rings. The number of esters is 1. The normalized spacial score (nSPS) is 12.9. The number of nitro benzene ring substituents is 1. The van der Waals surface area contributed by atoms with Crippen molar-refractivity contribution < 1.29 is 23.6 Å². The monoisotopic (exact) mass is 581 g/mol. The minimum Gasteiger partial charge on any atom is -0.494 e. The minimum absolute atomic E-state index is 0. The summed E-state index contributed by atoms with van der Waals surface area (Å²) in [7, 11) is 1.34. The number of hydrogen-bond donors (Lipinski definition) is 1. The van der Waals surface area contributed by atoms with Crippen LogP contribution in [0.2, 0.25) is 0 Å². The number of nitrogens with one attached hydrogen (secondary N) is 1. The van der Waals surface area contributed by atoms with Gasteiger partial charge < -0.3 is 19.4 Å². The summed E-state index contributed by atoms with van der Waals surface area (Å²) in [5.74, 6) is -1.08. The second-order valence-electron chi connectivity index (χ2n) is 9.44. The Morgan fingerprint density at radius 1 is 1.34 bits per heavy atom. The summed E-state index contributed by atoms with van der Waals surface area (Å²) in [5, 5.41) is 15.3. The fourth-order valence-corrected chi connectivity index (χ4v) is 5.48. The first-order valence-corrected chi connectivity index (χ1v) is 13.9. The third kappa shape index (κ3) is 6.12. The Bertz CT molecular complexity index is 1610. The zero-order chi connectivity index (χ0) is 28.4. The number of carbonyl (C=O) groups is 1. The van der Waals surface area contributed by atoms with Crippen molar-refractivity contribution in [2.24, 2.45) is 0 Å². The number of methoxy groups -OCH3 is 1. The summed E-state index contributed by atoms with van der Waals surface area (Å²) in [5.41, 5.74) is 3.32. The molecule has 0 aliphatic carbocycles. The Hall–Kier alpha value is -4.19. The van der Waals surface area contributed by atoms with E-state index in [4.69, 9.17) is 14.5 Å². The fourth-order valence-electron chi connectivity index (χ4n) is 4.72. The van der Waals surface area contributed by atoms with Crippen molar-refractivity contribution in [2.45, 2.75) is 58.1 Å². The van der Waals surface area contributed by atoms with Gasteiger partial charge in [-0.2, -0.15) is 4.39 Å². The molecule has 1 aliphatic heterocycles. The maximum absolute atomic E-state index is 14.2. The lowest BCUT2D eigenvalue weighted by Gasteiger charge is -2.14. The van der Waals surface area contributed by atoms with Crippen LogP contribution in [-0.2, 0) is 22.5 Å². The van der Waals surface area contributed by atoms with Crippen molar-refractivity contribution >= 4 is 46.0 Å². The van der Waals surface area contributed by atoms with Gasteiger partial charge in [-0.05, 0) is 31.7 Å². The molecule has 10 nitrogen and oxygen atoms in total. The molecule has 3 heterocycles. The van der Waals surface area contributed by atoms with Crippen LogP contribution in [0.1, 0.15) is 39.7 Å². The van der Waals surface area contributed by atoms with Gasteiger partial charge in [-0.1, -0.05) is 32.5 Å². The third-order valence-electron chi connectivity index (χ3n) is 6.80. The quantitative estimate of drug-likeness (QED) is 0.0921. The Kier molecular flexibility index (Phi) is 9.11. The lowest BCUT2D eigenvalue weighted by molar-refractivity contribution is -0.387. The first-order chi connectivity index (χ1) is 19.3. The molecule has 5 rings (SSSR count). The van der Waals surface area contributed by atoms with Crippen molar-refractivity contribution in [3.63, 3.8) is 0 Å². The van der Waals surface area contributed by atoms with Gasteiger partial charge in [-0.25, -0.2) is 9.97 Å². The predicted molar refractivity (Wildman–Crippen MR) is 157 cm³/mol. The van der Waals surface area contributed by atoms with Crippen LogP contribution in [0.3, 0.4) is 0 Å². The topological polar surface area (TPSA) is 121 Å². The second-order valence-corrected chi connectivity index (χ2v) is 10.5. The molecule has 0 fully saturated rings.